The molecule has 2 rings (SSSR count). The number of ether oxygens (including phenoxy) is 2. The van der Waals surface area contributed by atoms with E-state index in [0.717, 1.165) is 0 Å². The minimum Gasteiger partial charge on any atom is -0.497 e. The standard InChI is InChI=1S/C18H19NO5S/c1-11(25-16-7-5-4-6-13(16)18(21)22)17(20)19-14-10-12(23-2)8-9-15(14)24-3/h4-11H,1-3H3,(H,19,20)(H,21,22)/t11-/m0/s1. The highest BCUT2D eigenvalue weighted by Gasteiger charge is 2.19. The zero-order valence-corrected chi connectivity index (χ0v) is 14.9. The van der Waals surface area contributed by atoms with Crippen molar-refractivity contribution in [1.29, 1.82) is 0 Å². The van der Waals surface area contributed by atoms with Crippen molar-refractivity contribution >= 4 is 29.3 Å². The molecule has 0 saturated heterocycles. The molecule has 0 bridgehead atoms. The number of nitrogens with one attached hydrogen (secondary N) is 1. The summed E-state index contributed by atoms with van der Waals surface area (Å²) < 4.78 is 10.4. The molecule has 1 atom stereocenters. The van der Waals surface area contributed by atoms with Gasteiger partial charge in [-0.1, -0.05) is 12.1 Å². The van der Waals surface area contributed by atoms with Crippen LogP contribution in [0.25, 0.3) is 0 Å². The fourth-order valence-corrected chi connectivity index (χ4v) is 3.12. The van der Waals surface area contributed by atoms with E-state index in [4.69, 9.17) is 9.47 Å². The number of carboxylic acid groups (broad SMARTS) is 1. The summed E-state index contributed by atoms with van der Waals surface area (Å²) in [6.45, 7) is 1.71. The maximum Gasteiger partial charge on any atom is 0.336 e. The Morgan fingerprint density at radius 1 is 1.12 bits per heavy atom. The number of hydrogen-bond acceptors (Lipinski definition) is 5. The molecule has 2 aromatic rings. The normalized spacial score (nSPS) is 11.5. The molecule has 0 aliphatic carbocycles. The van der Waals surface area contributed by atoms with Crippen LogP contribution in [0.3, 0.4) is 0 Å². The van der Waals surface area contributed by atoms with Gasteiger partial charge in [0, 0.05) is 11.0 Å². The van der Waals surface area contributed by atoms with Crippen LogP contribution in [0.4, 0.5) is 5.69 Å². The largest absolute Gasteiger partial charge is 0.497 e. The lowest BCUT2D eigenvalue weighted by Gasteiger charge is -2.15. The fraction of sp³-hybridized carbons (Fsp3) is 0.222. The SMILES string of the molecule is COc1ccc(OC)c(NC(=O)[C@H](C)Sc2ccccc2C(=O)O)c1. The van der Waals surface area contributed by atoms with Crippen molar-refractivity contribution in [1.82, 2.24) is 0 Å². The van der Waals surface area contributed by atoms with E-state index in [1.807, 2.05) is 0 Å². The minimum absolute atomic E-state index is 0.172. The Morgan fingerprint density at radius 3 is 2.48 bits per heavy atom. The summed E-state index contributed by atoms with van der Waals surface area (Å²) in [5, 5.41) is 11.5. The molecule has 0 aliphatic heterocycles. The Morgan fingerprint density at radius 2 is 1.84 bits per heavy atom. The van der Waals surface area contributed by atoms with E-state index < -0.39 is 11.2 Å². The molecule has 7 heteroatoms. The van der Waals surface area contributed by atoms with Gasteiger partial charge in [-0.25, -0.2) is 4.79 Å². The van der Waals surface area contributed by atoms with Gasteiger partial charge < -0.3 is 19.9 Å². The van der Waals surface area contributed by atoms with Crippen LogP contribution in [-0.2, 0) is 4.79 Å². The van der Waals surface area contributed by atoms with E-state index in [1.54, 1.807) is 43.3 Å². The van der Waals surface area contributed by atoms with Crippen molar-refractivity contribution in [2.24, 2.45) is 0 Å². The highest BCUT2D eigenvalue weighted by atomic mass is 32.2. The van der Waals surface area contributed by atoms with E-state index in [2.05, 4.69) is 5.32 Å². The smallest absolute Gasteiger partial charge is 0.336 e. The summed E-state index contributed by atoms with van der Waals surface area (Å²) in [7, 11) is 3.05. The van der Waals surface area contributed by atoms with Gasteiger partial charge in [0.25, 0.3) is 0 Å². The third kappa shape index (κ3) is 4.67. The number of amides is 1. The number of anilines is 1. The third-order valence-electron chi connectivity index (χ3n) is 3.45. The molecule has 0 aromatic heterocycles. The Balaban J connectivity index is 2.15. The number of carbonyl (C=O) groups excluding carboxylic acids is 1. The average molecular weight is 361 g/mol. The summed E-state index contributed by atoms with van der Waals surface area (Å²) in [6.07, 6.45) is 0. The molecular weight excluding hydrogens is 342 g/mol. The lowest BCUT2D eigenvalue weighted by Crippen LogP contribution is -2.23. The highest BCUT2D eigenvalue weighted by molar-refractivity contribution is 8.00. The first kappa shape index (κ1) is 18.7. The van der Waals surface area contributed by atoms with Crippen LogP contribution in [-0.4, -0.2) is 36.5 Å². The minimum atomic E-state index is -1.02. The van der Waals surface area contributed by atoms with Crippen LogP contribution < -0.4 is 14.8 Å². The predicted octanol–water partition coefficient (Wildman–Crippen LogP) is 3.52. The fourth-order valence-electron chi connectivity index (χ4n) is 2.14. The predicted molar refractivity (Wildman–Crippen MR) is 96.9 cm³/mol. The van der Waals surface area contributed by atoms with Gasteiger partial charge in [-0.15, -0.1) is 11.8 Å². The maximum atomic E-state index is 12.5. The molecule has 0 spiro atoms. The lowest BCUT2D eigenvalue weighted by molar-refractivity contribution is -0.115. The summed E-state index contributed by atoms with van der Waals surface area (Å²) in [5.74, 6) is -0.188. The number of thioether (sulfide) groups is 1. The van der Waals surface area contributed by atoms with E-state index in [-0.39, 0.29) is 11.5 Å². The molecule has 132 valence electrons. The number of rotatable bonds is 7. The van der Waals surface area contributed by atoms with E-state index in [0.29, 0.717) is 22.1 Å². The summed E-state index contributed by atoms with van der Waals surface area (Å²) in [6, 6.07) is 11.7. The molecule has 2 N–H and O–H groups in total. The molecule has 1 amide bonds. The molecule has 0 saturated carbocycles. The van der Waals surface area contributed by atoms with Crippen molar-refractivity contribution in [3.63, 3.8) is 0 Å². The Kier molecular flexibility index (Phi) is 6.30. The average Bonchev–Trinajstić information content (AvgIpc) is 2.61. The van der Waals surface area contributed by atoms with Crippen molar-refractivity contribution in [3.05, 3.63) is 48.0 Å². The monoisotopic (exact) mass is 361 g/mol. The zero-order chi connectivity index (χ0) is 18.4. The summed E-state index contributed by atoms with van der Waals surface area (Å²) in [4.78, 5) is 24.3. The first-order chi connectivity index (χ1) is 12.0. The van der Waals surface area contributed by atoms with Gasteiger partial charge in [0.05, 0.1) is 30.7 Å². The van der Waals surface area contributed by atoms with Crippen molar-refractivity contribution in [2.75, 3.05) is 19.5 Å². The second-order valence-electron chi connectivity index (χ2n) is 5.12. The zero-order valence-electron chi connectivity index (χ0n) is 14.1. The van der Waals surface area contributed by atoms with Crippen LogP contribution in [0.1, 0.15) is 17.3 Å². The molecule has 0 unspecified atom stereocenters. The van der Waals surface area contributed by atoms with E-state index in [1.165, 1.54) is 32.0 Å². The van der Waals surface area contributed by atoms with E-state index >= 15 is 0 Å². The molecule has 0 aliphatic rings. The number of methoxy groups -OCH3 is 2. The van der Waals surface area contributed by atoms with Gasteiger partial charge in [-0.05, 0) is 31.2 Å². The second-order valence-corrected chi connectivity index (χ2v) is 6.50. The first-order valence-electron chi connectivity index (χ1n) is 7.48. The molecular formula is C18H19NO5S. The van der Waals surface area contributed by atoms with Gasteiger partial charge >= 0.3 is 5.97 Å². The topological polar surface area (TPSA) is 84.9 Å². The van der Waals surface area contributed by atoms with Crippen LogP contribution >= 0.6 is 11.8 Å². The third-order valence-corrected chi connectivity index (χ3v) is 4.63. The number of benzene rings is 2. The van der Waals surface area contributed by atoms with Gasteiger partial charge in [-0.3, -0.25) is 4.79 Å². The molecule has 25 heavy (non-hydrogen) atoms. The van der Waals surface area contributed by atoms with Crippen molar-refractivity contribution < 1.29 is 24.2 Å². The molecule has 6 nitrogen and oxygen atoms in total. The first-order valence-corrected chi connectivity index (χ1v) is 8.36. The summed E-state index contributed by atoms with van der Waals surface area (Å²) >= 11 is 1.18. The number of carbonyl (C=O) groups is 2. The lowest BCUT2D eigenvalue weighted by atomic mass is 10.2. The number of hydrogen-bond donors (Lipinski definition) is 2. The van der Waals surface area contributed by atoms with Gasteiger partial charge in [0.15, 0.2) is 0 Å². The van der Waals surface area contributed by atoms with Gasteiger partial charge in [0.2, 0.25) is 5.91 Å². The van der Waals surface area contributed by atoms with Crippen molar-refractivity contribution in [3.8, 4) is 11.5 Å². The molecule has 0 heterocycles. The van der Waals surface area contributed by atoms with Crippen LogP contribution in [0, 0.1) is 0 Å². The summed E-state index contributed by atoms with van der Waals surface area (Å²) in [5.41, 5.74) is 0.664. The number of carboxylic acids is 1. The Labute approximate surface area is 150 Å². The second kappa shape index (κ2) is 8.43. The Hall–Kier alpha value is -2.67. The van der Waals surface area contributed by atoms with Crippen molar-refractivity contribution in [2.45, 2.75) is 17.1 Å². The molecule has 2 aromatic carbocycles. The van der Waals surface area contributed by atoms with Crippen LogP contribution in [0.2, 0.25) is 0 Å². The molecule has 0 fully saturated rings. The van der Waals surface area contributed by atoms with Crippen LogP contribution in [0.5, 0.6) is 11.5 Å². The highest BCUT2D eigenvalue weighted by Crippen LogP contribution is 2.31. The maximum absolute atomic E-state index is 12.5. The Bertz CT molecular complexity index is 778. The van der Waals surface area contributed by atoms with Gasteiger partial charge in [-0.2, -0.15) is 0 Å². The van der Waals surface area contributed by atoms with Crippen LogP contribution in [0.15, 0.2) is 47.4 Å². The van der Waals surface area contributed by atoms with E-state index in [9.17, 15) is 14.7 Å². The molecule has 0 radical (unpaired) electrons. The van der Waals surface area contributed by atoms with Gasteiger partial charge in [0.1, 0.15) is 11.5 Å². The quantitative estimate of drug-likeness (QED) is 0.734. The number of aromatic carboxylic acids is 1.